The van der Waals surface area contributed by atoms with Gasteiger partial charge in [-0.15, -0.1) is 0 Å². The van der Waals surface area contributed by atoms with Gasteiger partial charge in [-0.2, -0.15) is 0 Å². The highest BCUT2D eigenvalue weighted by Crippen LogP contribution is 2.36. The molecular formula is C17H23ClN2O3. The molecule has 1 aliphatic heterocycles. The molecule has 126 valence electrons. The van der Waals surface area contributed by atoms with Crippen molar-refractivity contribution in [3.8, 4) is 11.5 Å². The number of carbonyl (C=O) groups excluding carboxylic acids is 1. The fraction of sp³-hybridized carbons (Fsp3) is 0.471. The number of rotatable bonds is 4. The van der Waals surface area contributed by atoms with Gasteiger partial charge in [-0.05, 0) is 43.5 Å². The van der Waals surface area contributed by atoms with Crippen LogP contribution in [0.5, 0.6) is 11.5 Å². The van der Waals surface area contributed by atoms with E-state index in [1.54, 1.807) is 31.4 Å². The van der Waals surface area contributed by atoms with Crippen molar-refractivity contribution in [3.05, 3.63) is 28.8 Å². The number of likely N-dealkylation sites (tertiary alicyclic amines) is 1. The molecule has 0 radical (unpaired) electrons. The van der Waals surface area contributed by atoms with E-state index in [0.717, 1.165) is 18.4 Å². The second-order valence-corrected chi connectivity index (χ2v) is 6.14. The molecule has 1 fully saturated rings. The lowest BCUT2D eigenvalue weighted by Crippen LogP contribution is -2.47. The van der Waals surface area contributed by atoms with Gasteiger partial charge in [0.25, 0.3) is 0 Å². The molecule has 0 saturated carbocycles. The van der Waals surface area contributed by atoms with Crippen LogP contribution in [-0.2, 0) is 4.79 Å². The van der Waals surface area contributed by atoms with Gasteiger partial charge < -0.3 is 20.1 Å². The summed E-state index contributed by atoms with van der Waals surface area (Å²) < 4.78 is 10.5. The maximum Gasteiger partial charge on any atom is 0.246 e. The van der Waals surface area contributed by atoms with Gasteiger partial charge in [0.15, 0.2) is 11.5 Å². The summed E-state index contributed by atoms with van der Waals surface area (Å²) in [5, 5.41) is 0.441. The molecule has 0 spiro atoms. The summed E-state index contributed by atoms with van der Waals surface area (Å²) in [7, 11) is 3.08. The lowest BCUT2D eigenvalue weighted by Gasteiger charge is -2.35. The van der Waals surface area contributed by atoms with E-state index in [0.29, 0.717) is 23.1 Å². The molecule has 1 aromatic rings. The second kappa shape index (κ2) is 7.70. The molecule has 2 atom stereocenters. The summed E-state index contributed by atoms with van der Waals surface area (Å²) in [6, 6.07) is 3.86. The van der Waals surface area contributed by atoms with Gasteiger partial charge in [0.1, 0.15) is 0 Å². The molecule has 2 unspecified atom stereocenters. The Bertz CT molecular complexity index is 604. The molecule has 0 aliphatic carbocycles. The lowest BCUT2D eigenvalue weighted by atomic mass is 9.99. The number of piperidine rings is 1. The highest BCUT2D eigenvalue weighted by Gasteiger charge is 2.25. The third-order valence-corrected chi connectivity index (χ3v) is 4.35. The van der Waals surface area contributed by atoms with Crippen LogP contribution in [0.25, 0.3) is 6.08 Å². The van der Waals surface area contributed by atoms with Gasteiger partial charge >= 0.3 is 0 Å². The van der Waals surface area contributed by atoms with E-state index in [2.05, 4.69) is 0 Å². The highest BCUT2D eigenvalue weighted by molar-refractivity contribution is 6.32. The third kappa shape index (κ3) is 4.18. The average Bonchev–Trinajstić information content (AvgIpc) is 2.51. The van der Waals surface area contributed by atoms with Crippen molar-refractivity contribution in [2.24, 2.45) is 5.73 Å². The van der Waals surface area contributed by atoms with E-state index in [4.69, 9.17) is 26.8 Å². The number of amides is 1. The number of hydrogen-bond donors (Lipinski definition) is 1. The third-order valence-electron chi connectivity index (χ3n) is 4.07. The van der Waals surface area contributed by atoms with Gasteiger partial charge in [0.05, 0.1) is 19.2 Å². The van der Waals surface area contributed by atoms with Crippen LogP contribution >= 0.6 is 11.6 Å². The number of methoxy groups -OCH3 is 2. The maximum atomic E-state index is 12.4. The van der Waals surface area contributed by atoms with E-state index in [9.17, 15) is 4.79 Å². The molecule has 1 saturated heterocycles. The number of ether oxygens (including phenoxy) is 2. The monoisotopic (exact) mass is 338 g/mol. The molecule has 1 amide bonds. The molecule has 1 heterocycles. The minimum Gasteiger partial charge on any atom is -0.493 e. The van der Waals surface area contributed by atoms with E-state index in [-0.39, 0.29) is 18.0 Å². The van der Waals surface area contributed by atoms with Gasteiger partial charge in [-0.1, -0.05) is 11.6 Å². The first-order valence-corrected chi connectivity index (χ1v) is 7.99. The van der Waals surface area contributed by atoms with Gasteiger partial charge in [-0.25, -0.2) is 0 Å². The minimum absolute atomic E-state index is 0.0182. The topological polar surface area (TPSA) is 64.8 Å². The molecule has 2 N–H and O–H groups in total. The number of hydrogen-bond acceptors (Lipinski definition) is 4. The number of carbonyl (C=O) groups is 1. The van der Waals surface area contributed by atoms with Gasteiger partial charge in [-0.3, -0.25) is 4.79 Å². The zero-order valence-corrected chi connectivity index (χ0v) is 14.5. The van der Waals surface area contributed by atoms with Gasteiger partial charge in [0.2, 0.25) is 5.91 Å². The number of benzene rings is 1. The number of nitrogens with two attached hydrogens (primary N) is 1. The highest BCUT2D eigenvalue weighted by atomic mass is 35.5. The van der Waals surface area contributed by atoms with Gasteiger partial charge in [0, 0.05) is 24.7 Å². The van der Waals surface area contributed by atoms with E-state index >= 15 is 0 Å². The molecule has 0 bridgehead atoms. The normalized spacial score (nSPS) is 21.5. The Morgan fingerprint density at radius 3 is 2.74 bits per heavy atom. The summed E-state index contributed by atoms with van der Waals surface area (Å²) in [5.41, 5.74) is 6.71. The summed E-state index contributed by atoms with van der Waals surface area (Å²) in [5.74, 6) is 0.996. The standard InChI is InChI=1S/C17H23ClN2O3/c1-11-8-13(19)6-7-20(11)16(21)5-4-12-9-14(18)17(23-3)15(10-12)22-2/h4-5,9-11,13H,6-8,19H2,1-3H3. The second-order valence-electron chi connectivity index (χ2n) is 5.74. The SMILES string of the molecule is COc1cc(C=CC(=O)N2CCC(N)CC2C)cc(Cl)c1OC. The molecular weight excluding hydrogens is 316 g/mol. The Kier molecular flexibility index (Phi) is 5.91. The van der Waals surface area contributed by atoms with Crippen molar-refractivity contribution in [3.63, 3.8) is 0 Å². The minimum atomic E-state index is -0.0182. The van der Waals surface area contributed by atoms with Crippen LogP contribution in [0.4, 0.5) is 0 Å². The summed E-state index contributed by atoms with van der Waals surface area (Å²) in [4.78, 5) is 14.2. The van der Waals surface area contributed by atoms with Crippen LogP contribution in [-0.4, -0.2) is 43.7 Å². The first-order chi connectivity index (χ1) is 11.0. The van der Waals surface area contributed by atoms with Crippen LogP contribution in [0.3, 0.4) is 0 Å². The van der Waals surface area contributed by atoms with Crippen molar-refractivity contribution in [1.82, 2.24) is 4.90 Å². The smallest absolute Gasteiger partial charge is 0.246 e. The molecule has 6 heteroatoms. The lowest BCUT2D eigenvalue weighted by molar-refractivity contribution is -0.129. The zero-order valence-electron chi connectivity index (χ0n) is 13.7. The first-order valence-electron chi connectivity index (χ1n) is 7.62. The molecule has 1 aliphatic rings. The maximum absolute atomic E-state index is 12.4. The molecule has 0 aromatic heterocycles. The summed E-state index contributed by atoms with van der Waals surface area (Å²) in [6.45, 7) is 2.72. The van der Waals surface area contributed by atoms with Crippen LogP contribution in [0.2, 0.25) is 5.02 Å². The van der Waals surface area contributed by atoms with E-state index in [1.165, 1.54) is 7.11 Å². The van der Waals surface area contributed by atoms with Crippen molar-refractivity contribution in [1.29, 1.82) is 0 Å². The van der Waals surface area contributed by atoms with E-state index < -0.39 is 0 Å². The predicted molar refractivity (Wildman–Crippen MR) is 92.0 cm³/mol. The Morgan fingerprint density at radius 2 is 2.13 bits per heavy atom. The Labute approximate surface area is 142 Å². The first kappa shape index (κ1) is 17.6. The van der Waals surface area contributed by atoms with Crippen molar-refractivity contribution in [2.75, 3.05) is 20.8 Å². The van der Waals surface area contributed by atoms with Crippen molar-refractivity contribution < 1.29 is 14.3 Å². The number of halogens is 1. The summed E-state index contributed by atoms with van der Waals surface area (Å²) >= 11 is 6.17. The molecule has 2 rings (SSSR count). The Morgan fingerprint density at radius 1 is 1.39 bits per heavy atom. The molecule has 23 heavy (non-hydrogen) atoms. The van der Waals surface area contributed by atoms with Crippen LogP contribution in [0.15, 0.2) is 18.2 Å². The number of nitrogens with zero attached hydrogens (tertiary/aromatic N) is 1. The van der Waals surface area contributed by atoms with Crippen molar-refractivity contribution in [2.45, 2.75) is 31.8 Å². The largest absolute Gasteiger partial charge is 0.493 e. The van der Waals surface area contributed by atoms with Crippen LogP contribution in [0, 0.1) is 0 Å². The fourth-order valence-corrected chi connectivity index (χ4v) is 3.13. The van der Waals surface area contributed by atoms with E-state index in [1.807, 2.05) is 11.8 Å². The Hall–Kier alpha value is -1.72. The van der Waals surface area contributed by atoms with Crippen LogP contribution < -0.4 is 15.2 Å². The Balaban J connectivity index is 2.13. The average molecular weight is 339 g/mol. The van der Waals surface area contributed by atoms with Crippen LogP contribution in [0.1, 0.15) is 25.3 Å². The molecule has 5 nitrogen and oxygen atoms in total. The fourth-order valence-electron chi connectivity index (χ4n) is 2.83. The zero-order chi connectivity index (χ0) is 17.0. The quantitative estimate of drug-likeness (QED) is 0.857. The van der Waals surface area contributed by atoms with Crippen molar-refractivity contribution >= 4 is 23.6 Å². The molecule has 1 aromatic carbocycles. The predicted octanol–water partition coefficient (Wildman–Crippen LogP) is 2.71. The summed E-state index contributed by atoms with van der Waals surface area (Å²) in [6.07, 6.45) is 4.97.